The molecule has 8 heteroatoms. The first-order valence-corrected chi connectivity index (χ1v) is 8.92. The van der Waals surface area contributed by atoms with Gasteiger partial charge < -0.3 is 15.4 Å². The first-order chi connectivity index (χ1) is 12.8. The Morgan fingerprint density at radius 3 is 2.56 bits per heavy atom. The fourth-order valence-corrected chi connectivity index (χ4v) is 2.92. The van der Waals surface area contributed by atoms with Gasteiger partial charge in [-0.25, -0.2) is 0 Å². The summed E-state index contributed by atoms with van der Waals surface area (Å²) in [6.07, 6.45) is 0. The Kier molecular flexibility index (Phi) is 7.47. The highest BCUT2D eigenvalue weighted by molar-refractivity contribution is 6.42. The first-order valence-electron chi connectivity index (χ1n) is 8.17. The second-order valence-corrected chi connectivity index (χ2v) is 6.81. The van der Waals surface area contributed by atoms with Crippen molar-refractivity contribution < 1.29 is 14.3 Å². The third kappa shape index (κ3) is 6.13. The SMILES string of the molecule is COc1ccc(NC(C)=O)cc1NC(=O)CN(C)Cc1cccc(Cl)c1Cl. The van der Waals surface area contributed by atoms with E-state index in [-0.39, 0.29) is 18.4 Å². The number of rotatable bonds is 7. The van der Waals surface area contributed by atoms with E-state index >= 15 is 0 Å². The molecule has 0 saturated carbocycles. The van der Waals surface area contributed by atoms with Gasteiger partial charge in [0.25, 0.3) is 0 Å². The number of nitrogens with one attached hydrogen (secondary N) is 2. The van der Waals surface area contributed by atoms with Crippen molar-refractivity contribution in [3.05, 3.63) is 52.0 Å². The quantitative estimate of drug-likeness (QED) is 0.723. The van der Waals surface area contributed by atoms with Crippen molar-refractivity contribution in [3.63, 3.8) is 0 Å². The summed E-state index contributed by atoms with van der Waals surface area (Å²) in [4.78, 5) is 25.4. The number of halogens is 2. The van der Waals surface area contributed by atoms with E-state index in [0.717, 1.165) is 5.56 Å². The zero-order valence-corrected chi connectivity index (χ0v) is 16.8. The van der Waals surface area contributed by atoms with Gasteiger partial charge in [0, 0.05) is 19.2 Å². The molecule has 2 amide bonds. The number of methoxy groups -OCH3 is 1. The summed E-state index contributed by atoms with van der Waals surface area (Å²) < 4.78 is 5.26. The van der Waals surface area contributed by atoms with Gasteiger partial charge in [-0.3, -0.25) is 14.5 Å². The van der Waals surface area contributed by atoms with Crippen LogP contribution in [-0.2, 0) is 16.1 Å². The number of amides is 2. The number of hydrogen-bond acceptors (Lipinski definition) is 4. The van der Waals surface area contributed by atoms with Crippen molar-refractivity contribution in [1.29, 1.82) is 0 Å². The molecule has 0 atom stereocenters. The molecule has 144 valence electrons. The molecule has 2 rings (SSSR count). The van der Waals surface area contributed by atoms with Crippen molar-refractivity contribution in [2.24, 2.45) is 0 Å². The largest absolute Gasteiger partial charge is 0.495 e. The van der Waals surface area contributed by atoms with E-state index < -0.39 is 0 Å². The second-order valence-electron chi connectivity index (χ2n) is 6.03. The second kappa shape index (κ2) is 9.60. The standard InChI is InChI=1S/C19H21Cl2N3O3/c1-12(25)22-14-7-8-17(27-3)16(9-14)23-18(26)11-24(2)10-13-5-4-6-15(20)19(13)21/h4-9H,10-11H2,1-3H3,(H,22,25)(H,23,26). The number of likely N-dealkylation sites (N-methyl/N-ethyl adjacent to an activating group) is 1. The molecule has 0 saturated heterocycles. The molecule has 0 heterocycles. The van der Waals surface area contributed by atoms with E-state index in [2.05, 4.69) is 10.6 Å². The number of nitrogens with zero attached hydrogens (tertiary/aromatic N) is 1. The van der Waals surface area contributed by atoms with Gasteiger partial charge in [0.1, 0.15) is 5.75 Å². The minimum absolute atomic E-state index is 0.135. The van der Waals surface area contributed by atoms with Crippen LogP contribution in [0.2, 0.25) is 10.0 Å². The van der Waals surface area contributed by atoms with E-state index in [1.807, 2.05) is 24.1 Å². The zero-order valence-electron chi connectivity index (χ0n) is 15.3. The fourth-order valence-electron chi connectivity index (χ4n) is 2.54. The van der Waals surface area contributed by atoms with E-state index in [1.54, 1.807) is 24.3 Å². The third-order valence-corrected chi connectivity index (χ3v) is 4.54. The predicted octanol–water partition coefficient (Wildman–Crippen LogP) is 4.03. The summed E-state index contributed by atoms with van der Waals surface area (Å²) in [7, 11) is 3.32. The maximum atomic E-state index is 12.4. The molecule has 2 aromatic rings. The lowest BCUT2D eigenvalue weighted by molar-refractivity contribution is -0.117. The number of benzene rings is 2. The van der Waals surface area contributed by atoms with Gasteiger partial charge in [-0.2, -0.15) is 0 Å². The number of anilines is 2. The molecule has 27 heavy (non-hydrogen) atoms. The summed E-state index contributed by atoms with van der Waals surface area (Å²) >= 11 is 12.2. The molecular weight excluding hydrogens is 389 g/mol. The van der Waals surface area contributed by atoms with Crippen LogP contribution in [0.4, 0.5) is 11.4 Å². The molecule has 0 unspecified atom stereocenters. The number of carbonyl (C=O) groups excluding carboxylic acids is 2. The normalized spacial score (nSPS) is 10.6. The minimum Gasteiger partial charge on any atom is -0.495 e. The lowest BCUT2D eigenvalue weighted by Gasteiger charge is -2.18. The Morgan fingerprint density at radius 2 is 1.89 bits per heavy atom. The smallest absolute Gasteiger partial charge is 0.238 e. The summed E-state index contributed by atoms with van der Waals surface area (Å²) in [6, 6.07) is 10.4. The van der Waals surface area contributed by atoms with Crippen LogP contribution in [-0.4, -0.2) is 37.4 Å². The van der Waals surface area contributed by atoms with Crippen molar-refractivity contribution in [2.45, 2.75) is 13.5 Å². The van der Waals surface area contributed by atoms with Crippen molar-refractivity contribution in [3.8, 4) is 5.75 Å². The number of hydrogen-bond donors (Lipinski definition) is 2. The predicted molar refractivity (Wildman–Crippen MR) is 109 cm³/mol. The lowest BCUT2D eigenvalue weighted by Crippen LogP contribution is -2.30. The van der Waals surface area contributed by atoms with Gasteiger partial charge in [0.2, 0.25) is 11.8 Å². The van der Waals surface area contributed by atoms with Crippen molar-refractivity contribution in [1.82, 2.24) is 4.90 Å². The average molecular weight is 410 g/mol. The minimum atomic E-state index is -0.228. The first kappa shape index (κ1) is 21.0. The summed E-state index contributed by atoms with van der Waals surface area (Å²) in [5.41, 5.74) is 1.88. The van der Waals surface area contributed by atoms with Crippen molar-refractivity contribution in [2.75, 3.05) is 31.3 Å². The summed E-state index contributed by atoms with van der Waals surface area (Å²) in [5.74, 6) is 0.0718. The van der Waals surface area contributed by atoms with Crippen LogP contribution in [0.1, 0.15) is 12.5 Å². The van der Waals surface area contributed by atoms with Gasteiger partial charge in [-0.1, -0.05) is 35.3 Å². The maximum Gasteiger partial charge on any atom is 0.238 e. The Bertz CT molecular complexity index is 843. The highest BCUT2D eigenvalue weighted by atomic mass is 35.5. The van der Waals surface area contributed by atoms with Crippen LogP contribution >= 0.6 is 23.2 Å². The van der Waals surface area contributed by atoms with Gasteiger partial charge >= 0.3 is 0 Å². The average Bonchev–Trinajstić information content (AvgIpc) is 2.58. The van der Waals surface area contributed by atoms with Crippen LogP contribution in [0.5, 0.6) is 5.75 Å². The maximum absolute atomic E-state index is 12.4. The highest BCUT2D eigenvalue weighted by Gasteiger charge is 2.13. The molecule has 0 aliphatic carbocycles. The molecule has 2 aromatic carbocycles. The van der Waals surface area contributed by atoms with E-state index in [4.69, 9.17) is 27.9 Å². The molecule has 0 aliphatic rings. The Hall–Kier alpha value is -2.28. The van der Waals surface area contributed by atoms with E-state index in [9.17, 15) is 9.59 Å². The van der Waals surface area contributed by atoms with E-state index in [1.165, 1.54) is 14.0 Å². The van der Waals surface area contributed by atoms with Gasteiger partial charge in [0.15, 0.2) is 0 Å². The summed E-state index contributed by atoms with van der Waals surface area (Å²) in [5, 5.41) is 6.43. The molecule has 0 aliphatic heterocycles. The summed E-state index contributed by atoms with van der Waals surface area (Å²) in [6.45, 7) is 2.02. The van der Waals surface area contributed by atoms with Crippen LogP contribution in [0.25, 0.3) is 0 Å². The molecule has 0 radical (unpaired) electrons. The number of carbonyl (C=O) groups is 2. The molecule has 0 bridgehead atoms. The van der Waals surface area contributed by atoms with Crippen molar-refractivity contribution >= 4 is 46.4 Å². The van der Waals surface area contributed by atoms with Crippen LogP contribution < -0.4 is 15.4 Å². The Morgan fingerprint density at radius 1 is 1.15 bits per heavy atom. The topological polar surface area (TPSA) is 70.7 Å². The monoisotopic (exact) mass is 409 g/mol. The molecule has 0 aromatic heterocycles. The van der Waals surface area contributed by atoms with Gasteiger partial charge in [0.05, 0.1) is 29.4 Å². The highest BCUT2D eigenvalue weighted by Crippen LogP contribution is 2.28. The van der Waals surface area contributed by atoms with Gasteiger partial charge in [-0.05, 0) is 36.9 Å². The molecule has 0 spiro atoms. The molecule has 2 N–H and O–H groups in total. The van der Waals surface area contributed by atoms with Gasteiger partial charge in [-0.15, -0.1) is 0 Å². The number of ether oxygens (including phenoxy) is 1. The third-order valence-electron chi connectivity index (χ3n) is 3.68. The van der Waals surface area contributed by atoms with Crippen LogP contribution in [0, 0.1) is 0 Å². The molecular formula is C19H21Cl2N3O3. The fraction of sp³-hybridized carbons (Fsp3) is 0.263. The van der Waals surface area contributed by atoms with Crippen LogP contribution in [0.3, 0.4) is 0 Å². The van der Waals surface area contributed by atoms with E-state index in [0.29, 0.717) is 33.7 Å². The Balaban J connectivity index is 2.04. The zero-order chi connectivity index (χ0) is 20.0. The molecule has 0 fully saturated rings. The lowest BCUT2D eigenvalue weighted by atomic mass is 10.2. The Labute approximate surface area is 168 Å². The molecule has 6 nitrogen and oxygen atoms in total. The van der Waals surface area contributed by atoms with Crippen LogP contribution in [0.15, 0.2) is 36.4 Å².